The summed E-state index contributed by atoms with van der Waals surface area (Å²) >= 11 is 9.62. The smallest absolute Gasteiger partial charge is 0.295 e. The van der Waals surface area contributed by atoms with E-state index in [-0.39, 0.29) is 11.7 Å². The standard InChI is InChI=1S/C23H18BrClN4O/c1-14-5-3-8-20(15(14)2)26-23(30)21-27-22(16-6-4-7-18(25)13-16)29(28-21)19-11-9-17(24)10-12-19/h3-13H,1-2H3,(H,26,30). The molecule has 0 aliphatic heterocycles. The van der Waals surface area contributed by atoms with E-state index in [4.69, 9.17) is 11.6 Å². The Bertz CT molecular complexity index is 1230. The van der Waals surface area contributed by atoms with Crippen molar-refractivity contribution in [2.75, 3.05) is 5.32 Å². The van der Waals surface area contributed by atoms with Gasteiger partial charge >= 0.3 is 0 Å². The number of benzene rings is 3. The minimum Gasteiger partial charge on any atom is -0.319 e. The molecule has 1 aromatic heterocycles. The number of nitrogens with one attached hydrogen (secondary N) is 1. The fourth-order valence-electron chi connectivity index (χ4n) is 3.05. The van der Waals surface area contributed by atoms with Crippen LogP contribution >= 0.6 is 27.5 Å². The number of halogens is 2. The van der Waals surface area contributed by atoms with E-state index in [2.05, 4.69) is 31.3 Å². The van der Waals surface area contributed by atoms with Gasteiger partial charge in [0, 0.05) is 20.7 Å². The maximum atomic E-state index is 12.9. The third kappa shape index (κ3) is 4.15. The average Bonchev–Trinajstić information content (AvgIpc) is 3.18. The summed E-state index contributed by atoms with van der Waals surface area (Å²) in [5.74, 6) is 0.238. The molecule has 3 aromatic carbocycles. The zero-order valence-corrected chi connectivity index (χ0v) is 18.7. The van der Waals surface area contributed by atoms with Crippen molar-refractivity contribution in [3.8, 4) is 17.1 Å². The molecule has 0 saturated carbocycles. The molecule has 0 unspecified atom stereocenters. The molecule has 0 fully saturated rings. The van der Waals surface area contributed by atoms with Gasteiger partial charge in [-0.15, -0.1) is 5.10 Å². The lowest BCUT2D eigenvalue weighted by molar-refractivity contribution is 0.101. The molecule has 0 radical (unpaired) electrons. The number of hydrogen-bond donors (Lipinski definition) is 1. The quantitative estimate of drug-likeness (QED) is 0.376. The Morgan fingerprint density at radius 3 is 2.50 bits per heavy atom. The van der Waals surface area contributed by atoms with Gasteiger partial charge in [0.25, 0.3) is 5.91 Å². The van der Waals surface area contributed by atoms with Gasteiger partial charge < -0.3 is 5.32 Å². The Labute approximate surface area is 187 Å². The number of nitrogens with zero attached hydrogens (tertiary/aromatic N) is 3. The maximum Gasteiger partial charge on any atom is 0.295 e. The maximum absolute atomic E-state index is 12.9. The minimum absolute atomic E-state index is 0.0776. The van der Waals surface area contributed by atoms with Gasteiger partial charge in [0.15, 0.2) is 5.82 Å². The molecule has 30 heavy (non-hydrogen) atoms. The van der Waals surface area contributed by atoms with Crippen molar-refractivity contribution in [3.05, 3.63) is 93.2 Å². The van der Waals surface area contributed by atoms with E-state index in [9.17, 15) is 4.79 Å². The predicted octanol–water partition coefficient (Wildman–Crippen LogP) is 6.22. The van der Waals surface area contributed by atoms with Crippen molar-refractivity contribution in [1.82, 2.24) is 14.8 Å². The van der Waals surface area contributed by atoms with Gasteiger partial charge in [-0.1, -0.05) is 51.8 Å². The van der Waals surface area contributed by atoms with Gasteiger partial charge in [-0.2, -0.15) is 0 Å². The van der Waals surface area contributed by atoms with E-state index in [1.807, 2.05) is 68.4 Å². The normalized spacial score (nSPS) is 10.8. The lowest BCUT2D eigenvalue weighted by atomic mass is 10.1. The molecular weight excluding hydrogens is 464 g/mol. The van der Waals surface area contributed by atoms with Crippen molar-refractivity contribution in [2.45, 2.75) is 13.8 Å². The number of aromatic nitrogens is 3. The first-order chi connectivity index (χ1) is 14.4. The summed E-state index contributed by atoms with van der Waals surface area (Å²) in [5.41, 5.74) is 4.40. The van der Waals surface area contributed by atoms with Gasteiger partial charge in [-0.3, -0.25) is 4.79 Å². The van der Waals surface area contributed by atoms with Crippen LogP contribution in [0.25, 0.3) is 17.1 Å². The lowest BCUT2D eigenvalue weighted by Gasteiger charge is -2.08. The summed E-state index contributed by atoms with van der Waals surface area (Å²) in [6.45, 7) is 3.97. The van der Waals surface area contributed by atoms with Crippen LogP contribution in [0.3, 0.4) is 0 Å². The number of hydrogen-bond acceptors (Lipinski definition) is 3. The second-order valence-corrected chi connectivity index (χ2v) is 8.21. The highest BCUT2D eigenvalue weighted by Gasteiger charge is 2.20. The van der Waals surface area contributed by atoms with E-state index >= 15 is 0 Å². The Hall–Kier alpha value is -2.96. The topological polar surface area (TPSA) is 59.8 Å². The molecular formula is C23H18BrClN4O. The van der Waals surface area contributed by atoms with Crippen molar-refractivity contribution < 1.29 is 4.79 Å². The van der Waals surface area contributed by atoms with Gasteiger partial charge in [0.2, 0.25) is 5.82 Å². The molecule has 1 N–H and O–H groups in total. The molecule has 1 amide bonds. The fraction of sp³-hybridized carbons (Fsp3) is 0.0870. The Morgan fingerprint density at radius 1 is 1.03 bits per heavy atom. The van der Waals surface area contributed by atoms with Crippen LogP contribution in [-0.2, 0) is 0 Å². The number of rotatable bonds is 4. The second-order valence-electron chi connectivity index (χ2n) is 6.86. The molecule has 0 aliphatic rings. The van der Waals surface area contributed by atoms with Gasteiger partial charge in [0.1, 0.15) is 0 Å². The van der Waals surface area contributed by atoms with E-state index in [0.29, 0.717) is 10.8 Å². The van der Waals surface area contributed by atoms with Crippen LogP contribution in [-0.4, -0.2) is 20.7 Å². The van der Waals surface area contributed by atoms with Gasteiger partial charge in [-0.25, -0.2) is 9.67 Å². The van der Waals surface area contributed by atoms with Crippen LogP contribution in [0.1, 0.15) is 21.7 Å². The van der Waals surface area contributed by atoms with Crippen LogP contribution in [0.15, 0.2) is 71.2 Å². The minimum atomic E-state index is -0.372. The first-order valence-electron chi connectivity index (χ1n) is 9.29. The lowest BCUT2D eigenvalue weighted by Crippen LogP contribution is -2.15. The first-order valence-corrected chi connectivity index (χ1v) is 10.5. The Morgan fingerprint density at radius 2 is 1.77 bits per heavy atom. The number of carbonyl (C=O) groups excluding carboxylic acids is 1. The van der Waals surface area contributed by atoms with Crippen LogP contribution < -0.4 is 5.32 Å². The highest BCUT2D eigenvalue weighted by molar-refractivity contribution is 9.10. The largest absolute Gasteiger partial charge is 0.319 e. The number of amides is 1. The SMILES string of the molecule is Cc1cccc(NC(=O)c2nc(-c3cccc(Cl)c3)n(-c3ccc(Br)cc3)n2)c1C. The Balaban J connectivity index is 1.77. The van der Waals surface area contributed by atoms with Gasteiger partial charge in [0.05, 0.1) is 5.69 Å². The van der Waals surface area contributed by atoms with Crippen molar-refractivity contribution in [1.29, 1.82) is 0 Å². The summed E-state index contributed by atoms with van der Waals surface area (Å²) < 4.78 is 2.60. The Kier molecular flexibility index (Phi) is 5.70. The van der Waals surface area contributed by atoms with Crippen molar-refractivity contribution >= 4 is 39.1 Å². The molecule has 4 rings (SSSR count). The molecule has 150 valence electrons. The first kappa shape index (κ1) is 20.3. The summed E-state index contributed by atoms with van der Waals surface area (Å²) in [6, 6.07) is 20.7. The molecule has 1 heterocycles. The zero-order valence-electron chi connectivity index (χ0n) is 16.4. The third-order valence-electron chi connectivity index (χ3n) is 4.82. The van der Waals surface area contributed by atoms with Crippen LogP contribution in [0.2, 0.25) is 5.02 Å². The number of anilines is 1. The third-order valence-corrected chi connectivity index (χ3v) is 5.58. The fourth-order valence-corrected chi connectivity index (χ4v) is 3.50. The molecule has 4 aromatic rings. The number of aryl methyl sites for hydroxylation is 1. The van der Waals surface area contributed by atoms with E-state index in [1.165, 1.54) is 0 Å². The molecule has 0 aliphatic carbocycles. The molecule has 0 saturated heterocycles. The van der Waals surface area contributed by atoms with E-state index in [1.54, 1.807) is 16.8 Å². The average molecular weight is 482 g/mol. The highest BCUT2D eigenvalue weighted by atomic mass is 79.9. The van der Waals surface area contributed by atoms with Gasteiger partial charge in [-0.05, 0) is 67.4 Å². The second kappa shape index (κ2) is 8.42. The highest BCUT2D eigenvalue weighted by Crippen LogP contribution is 2.25. The summed E-state index contributed by atoms with van der Waals surface area (Å²) in [7, 11) is 0. The molecule has 0 atom stereocenters. The zero-order chi connectivity index (χ0) is 21.3. The summed E-state index contributed by atoms with van der Waals surface area (Å²) in [4.78, 5) is 17.5. The molecule has 0 bridgehead atoms. The van der Waals surface area contributed by atoms with Crippen LogP contribution in [0, 0.1) is 13.8 Å². The van der Waals surface area contributed by atoms with E-state index < -0.39 is 0 Å². The molecule has 0 spiro atoms. The van der Waals surface area contributed by atoms with Crippen molar-refractivity contribution in [3.63, 3.8) is 0 Å². The monoisotopic (exact) mass is 480 g/mol. The van der Waals surface area contributed by atoms with Crippen LogP contribution in [0.5, 0.6) is 0 Å². The van der Waals surface area contributed by atoms with E-state index in [0.717, 1.165) is 32.5 Å². The van der Waals surface area contributed by atoms with Crippen molar-refractivity contribution in [2.24, 2.45) is 0 Å². The summed E-state index contributed by atoms with van der Waals surface area (Å²) in [5, 5.41) is 8.00. The predicted molar refractivity (Wildman–Crippen MR) is 123 cm³/mol. The van der Waals surface area contributed by atoms with Crippen LogP contribution in [0.4, 0.5) is 5.69 Å². The molecule has 7 heteroatoms. The summed E-state index contributed by atoms with van der Waals surface area (Å²) in [6.07, 6.45) is 0. The number of carbonyl (C=O) groups is 1. The molecule has 5 nitrogen and oxygen atoms in total.